The molecule has 0 saturated carbocycles. The van der Waals surface area contributed by atoms with E-state index < -0.39 is 11.6 Å². The number of carbonyl (C=O) groups is 3. The molecule has 1 aromatic rings. The van der Waals surface area contributed by atoms with Crippen LogP contribution in [-0.2, 0) is 14.3 Å². The van der Waals surface area contributed by atoms with Gasteiger partial charge in [-0.3, -0.25) is 19.8 Å². The summed E-state index contributed by atoms with van der Waals surface area (Å²) < 4.78 is 11.1. The molecule has 0 radical (unpaired) electrons. The normalized spacial score (nSPS) is 22.0. The van der Waals surface area contributed by atoms with Gasteiger partial charge in [-0.2, -0.15) is 0 Å². The third-order valence-corrected chi connectivity index (χ3v) is 7.27. The van der Waals surface area contributed by atoms with E-state index in [1.807, 2.05) is 37.8 Å². The molecule has 3 aliphatic rings. The van der Waals surface area contributed by atoms with Crippen molar-refractivity contribution in [3.8, 4) is 5.75 Å². The van der Waals surface area contributed by atoms with Crippen LogP contribution in [0.1, 0.15) is 46.5 Å². The number of hydrogen-bond acceptors (Lipinski definition) is 8. The molecule has 1 unspecified atom stereocenters. The molecule has 204 valence electrons. The highest BCUT2D eigenvalue weighted by molar-refractivity contribution is 6.01. The number of methoxy groups -OCH3 is 1. The van der Waals surface area contributed by atoms with Crippen molar-refractivity contribution in [1.82, 2.24) is 15.1 Å². The van der Waals surface area contributed by atoms with Gasteiger partial charge in [-0.1, -0.05) is 0 Å². The Hall–Kier alpha value is -3.01. The third kappa shape index (κ3) is 7.28. The minimum absolute atomic E-state index is 0.201. The van der Waals surface area contributed by atoms with E-state index in [0.29, 0.717) is 24.5 Å². The number of nitrogens with one attached hydrogen (secondary N) is 2. The minimum Gasteiger partial charge on any atom is -0.495 e. The maximum Gasteiger partial charge on any atom is 0.410 e. The second-order valence-electron chi connectivity index (χ2n) is 11.2. The second-order valence-corrected chi connectivity index (χ2v) is 11.2. The summed E-state index contributed by atoms with van der Waals surface area (Å²) in [6.07, 6.45) is 2.62. The summed E-state index contributed by atoms with van der Waals surface area (Å²) >= 11 is 0. The number of piperazine rings is 1. The van der Waals surface area contributed by atoms with E-state index in [1.54, 1.807) is 7.11 Å². The lowest BCUT2D eigenvalue weighted by molar-refractivity contribution is -0.133. The van der Waals surface area contributed by atoms with Crippen LogP contribution in [0.4, 0.5) is 16.2 Å². The van der Waals surface area contributed by atoms with Gasteiger partial charge in [-0.05, 0) is 58.1 Å². The Morgan fingerprint density at radius 1 is 1.05 bits per heavy atom. The Labute approximate surface area is 219 Å². The van der Waals surface area contributed by atoms with Crippen molar-refractivity contribution in [2.45, 2.75) is 58.1 Å². The number of piperidine rings is 2. The lowest BCUT2D eigenvalue weighted by Gasteiger charge is -2.39. The van der Waals surface area contributed by atoms with Crippen molar-refractivity contribution in [2.75, 3.05) is 63.1 Å². The first-order valence-corrected chi connectivity index (χ1v) is 13.3. The Kier molecular flexibility index (Phi) is 8.46. The standard InChI is InChI=1S/C27H41N5O5/c1-27(2,3)37-26(35)32-11-9-19(10-12-32)18-30-13-15-31(16-14-30)20-5-6-21(23(17-20)36-4)28-22-7-8-24(33)29-25(22)34/h5-6,17,19,22,28H,7-16,18H2,1-4H3,(H,29,33,34). The predicted octanol–water partition coefficient (Wildman–Crippen LogP) is 2.68. The maximum atomic E-state index is 12.3. The van der Waals surface area contributed by atoms with Gasteiger partial charge < -0.3 is 24.6 Å². The number of benzene rings is 1. The number of imide groups is 1. The molecule has 3 aliphatic heterocycles. The minimum atomic E-state index is -0.456. The second kappa shape index (κ2) is 11.6. The van der Waals surface area contributed by atoms with Gasteiger partial charge in [0, 0.05) is 64.0 Å². The molecule has 0 aromatic heterocycles. The molecule has 10 heteroatoms. The van der Waals surface area contributed by atoms with Crippen LogP contribution >= 0.6 is 0 Å². The quantitative estimate of drug-likeness (QED) is 0.558. The monoisotopic (exact) mass is 515 g/mol. The van der Waals surface area contributed by atoms with Crippen LogP contribution in [0, 0.1) is 5.92 Å². The van der Waals surface area contributed by atoms with E-state index >= 15 is 0 Å². The zero-order chi connectivity index (χ0) is 26.6. The first-order valence-electron chi connectivity index (χ1n) is 13.3. The zero-order valence-electron chi connectivity index (χ0n) is 22.5. The number of nitrogens with zero attached hydrogens (tertiary/aromatic N) is 3. The topological polar surface area (TPSA) is 103 Å². The van der Waals surface area contributed by atoms with E-state index in [2.05, 4.69) is 26.5 Å². The Balaban J connectivity index is 1.24. The Morgan fingerprint density at radius 2 is 1.76 bits per heavy atom. The lowest BCUT2D eigenvalue weighted by Crippen LogP contribution is -2.49. The van der Waals surface area contributed by atoms with Gasteiger partial charge in [-0.25, -0.2) is 4.79 Å². The molecule has 3 amide bonds. The van der Waals surface area contributed by atoms with Crippen LogP contribution in [0.3, 0.4) is 0 Å². The number of amides is 3. The van der Waals surface area contributed by atoms with Crippen molar-refractivity contribution in [3.63, 3.8) is 0 Å². The van der Waals surface area contributed by atoms with Gasteiger partial charge in [0.1, 0.15) is 17.4 Å². The summed E-state index contributed by atoms with van der Waals surface area (Å²) in [5, 5.41) is 5.61. The molecule has 3 heterocycles. The molecule has 3 saturated heterocycles. The fraction of sp³-hybridized carbons (Fsp3) is 0.667. The molecule has 1 atom stereocenters. The van der Waals surface area contributed by atoms with E-state index in [1.165, 1.54) is 0 Å². The lowest BCUT2D eigenvalue weighted by atomic mass is 9.96. The van der Waals surface area contributed by atoms with Crippen LogP contribution in [0.15, 0.2) is 18.2 Å². The fourth-order valence-electron chi connectivity index (χ4n) is 5.19. The number of anilines is 2. The van der Waals surface area contributed by atoms with Crippen molar-refractivity contribution < 1.29 is 23.9 Å². The van der Waals surface area contributed by atoms with Crippen molar-refractivity contribution in [1.29, 1.82) is 0 Å². The molecular weight excluding hydrogens is 474 g/mol. The van der Waals surface area contributed by atoms with Gasteiger partial charge in [0.2, 0.25) is 11.8 Å². The van der Waals surface area contributed by atoms with Gasteiger partial charge in [-0.15, -0.1) is 0 Å². The Morgan fingerprint density at radius 3 is 2.38 bits per heavy atom. The highest BCUT2D eigenvalue weighted by Gasteiger charge is 2.29. The van der Waals surface area contributed by atoms with Gasteiger partial charge >= 0.3 is 6.09 Å². The highest BCUT2D eigenvalue weighted by atomic mass is 16.6. The molecule has 10 nitrogen and oxygen atoms in total. The number of likely N-dealkylation sites (tertiary alicyclic amines) is 1. The van der Waals surface area contributed by atoms with Gasteiger partial charge in [0.05, 0.1) is 12.8 Å². The highest BCUT2D eigenvalue weighted by Crippen LogP contribution is 2.32. The number of hydrogen-bond donors (Lipinski definition) is 2. The summed E-state index contributed by atoms with van der Waals surface area (Å²) in [6.45, 7) is 12.1. The first kappa shape index (κ1) is 27.0. The van der Waals surface area contributed by atoms with E-state index in [9.17, 15) is 14.4 Å². The summed E-state index contributed by atoms with van der Waals surface area (Å²) in [5.41, 5.74) is 1.38. The maximum absolute atomic E-state index is 12.3. The van der Waals surface area contributed by atoms with Crippen LogP contribution in [0.25, 0.3) is 0 Å². The molecule has 4 rings (SSSR count). The van der Waals surface area contributed by atoms with Gasteiger partial charge in [0.15, 0.2) is 0 Å². The molecule has 0 aliphatic carbocycles. The average molecular weight is 516 g/mol. The predicted molar refractivity (Wildman–Crippen MR) is 142 cm³/mol. The molecule has 37 heavy (non-hydrogen) atoms. The number of ether oxygens (including phenoxy) is 2. The molecular formula is C27H41N5O5. The summed E-state index contributed by atoms with van der Waals surface area (Å²) in [4.78, 5) is 42.6. The molecule has 3 fully saturated rings. The van der Waals surface area contributed by atoms with Crippen molar-refractivity contribution in [2.24, 2.45) is 5.92 Å². The summed E-state index contributed by atoms with van der Waals surface area (Å²) in [7, 11) is 1.63. The van der Waals surface area contributed by atoms with Crippen LogP contribution < -0.4 is 20.3 Å². The van der Waals surface area contributed by atoms with E-state index in [-0.39, 0.29) is 17.9 Å². The SMILES string of the molecule is COc1cc(N2CCN(CC3CCN(C(=O)OC(C)(C)C)CC3)CC2)ccc1NC1CCC(=O)NC1=O. The van der Waals surface area contributed by atoms with Crippen LogP contribution in [0.2, 0.25) is 0 Å². The number of carbonyl (C=O) groups excluding carboxylic acids is 3. The van der Waals surface area contributed by atoms with Crippen molar-refractivity contribution >= 4 is 29.3 Å². The summed E-state index contributed by atoms with van der Waals surface area (Å²) in [6, 6.07) is 5.56. The molecule has 1 aromatic carbocycles. The third-order valence-electron chi connectivity index (χ3n) is 7.27. The Bertz CT molecular complexity index is 978. The first-order chi connectivity index (χ1) is 17.6. The largest absolute Gasteiger partial charge is 0.495 e. The average Bonchev–Trinajstić information content (AvgIpc) is 2.86. The zero-order valence-corrected chi connectivity index (χ0v) is 22.5. The molecule has 0 spiro atoms. The molecule has 2 N–H and O–H groups in total. The van der Waals surface area contributed by atoms with Gasteiger partial charge in [0.25, 0.3) is 0 Å². The van der Waals surface area contributed by atoms with E-state index in [0.717, 1.165) is 70.0 Å². The van der Waals surface area contributed by atoms with Crippen LogP contribution in [0.5, 0.6) is 5.75 Å². The molecule has 0 bridgehead atoms. The summed E-state index contributed by atoms with van der Waals surface area (Å²) in [5.74, 6) is 0.758. The fourth-order valence-corrected chi connectivity index (χ4v) is 5.19. The van der Waals surface area contributed by atoms with Crippen LogP contribution in [-0.4, -0.2) is 92.3 Å². The smallest absolute Gasteiger partial charge is 0.410 e. The van der Waals surface area contributed by atoms with Crippen molar-refractivity contribution in [3.05, 3.63) is 18.2 Å². The van der Waals surface area contributed by atoms with E-state index in [4.69, 9.17) is 9.47 Å². The number of rotatable bonds is 6.